The summed E-state index contributed by atoms with van der Waals surface area (Å²) in [5.74, 6) is -1.04. The third-order valence-corrected chi connectivity index (χ3v) is 3.19. The molecule has 1 heterocycles. The molecule has 0 aliphatic heterocycles. The van der Waals surface area contributed by atoms with Gasteiger partial charge < -0.3 is 10.8 Å². The summed E-state index contributed by atoms with van der Waals surface area (Å²) in [4.78, 5) is 11.0. The molecular weight excluding hydrogens is 242 g/mol. The molecule has 100 valence electrons. The number of aryl methyl sites for hydroxylation is 1. The smallest absolute Gasteiger partial charge is 0.325 e. The Morgan fingerprint density at radius 1 is 1.37 bits per heavy atom. The zero-order valence-electron chi connectivity index (χ0n) is 11.0. The molecule has 2 rings (SSSR count). The van der Waals surface area contributed by atoms with E-state index in [0.717, 1.165) is 11.3 Å². The minimum absolute atomic E-state index is 0.600. The second-order valence-corrected chi connectivity index (χ2v) is 4.54. The third-order valence-electron chi connectivity index (χ3n) is 3.19. The van der Waals surface area contributed by atoms with E-state index < -0.39 is 12.0 Å². The molecule has 1 atom stereocenters. The van der Waals surface area contributed by atoms with E-state index >= 15 is 0 Å². The maximum absolute atomic E-state index is 11.0. The summed E-state index contributed by atoms with van der Waals surface area (Å²) in [5, 5.41) is 13.4. The highest BCUT2D eigenvalue weighted by Crippen LogP contribution is 2.20. The minimum Gasteiger partial charge on any atom is -0.480 e. The molecule has 0 saturated carbocycles. The maximum Gasteiger partial charge on any atom is 0.325 e. The Morgan fingerprint density at radius 2 is 2.00 bits per heavy atom. The Morgan fingerprint density at radius 3 is 2.58 bits per heavy atom. The van der Waals surface area contributed by atoms with Crippen LogP contribution in [0.3, 0.4) is 0 Å². The van der Waals surface area contributed by atoms with Crippen molar-refractivity contribution in [1.29, 1.82) is 0 Å². The lowest BCUT2D eigenvalue weighted by molar-refractivity contribution is -0.138. The summed E-state index contributed by atoms with van der Waals surface area (Å²) in [7, 11) is 0. The van der Waals surface area contributed by atoms with Crippen molar-refractivity contribution >= 4 is 5.97 Å². The lowest BCUT2D eigenvalue weighted by atomic mass is 10.1. The molecule has 5 nitrogen and oxygen atoms in total. The maximum atomic E-state index is 11.0. The van der Waals surface area contributed by atoms with Gasteiger partial charge in [-0.3, -0.25) is 9.48 Å². The van der Waals surface area contributed by atoms with Crippen LogP contribution in [-0.4, -0.2) is 20.9 Å². The van der Waals surface area contributed by atoms with Crippen LogP contribution in [0.4, 0.5) is 0 Å². The number of carboxylic acid groups (broad SMARTS) is 1. The van der Waals surface area contributed by atoms with Crippen molar-refractivity contribution in [2.45, 2.75) is 26.4 Å². The van der Waals surface area contributed by atoms with Gasteiger partial charge in [0.15, 0.2) is 0 Å². The predicted molar refractivity (Wildman–Crippen MR) is 71.8 cm³/mol. The van der Waals surface area contributed by atoms with Crippen LogP contribution >= 0.6 is 0 Å². The number of carbonyl (C=O) groups is 1. The molecule has 3 N–H and O–H groups in total. The first-order valence-corrected chi connectivity index (χ1v) is 6.07. The fourth-order valence-corrected chi connectivity index (χ4v) is 2.19. The van der Waals surface area contributed by atoms with Gasteiger partial charge in [-0.25, -0.2) is 0 Å². The molecule has 0 radical (unpaired) electrons. The third kappa shape index (κ3) is 2.66. The summed E-state index contributed by atoms with van der Waals surface area (Å²) >= 11 is 0. The van der Waals surface area contributed by atoms with Crippen molar-refractivity contribution in [2.75, 3.05) is 0 Å². The van der Waals surface area contributed by atoms with Gasteiger partial charge >= 0.3 is 5.97 Å². The standard InChI is InChI=1S/C14H17N3O2/c1-9-12(13(15)14(18)19)10(2)17(16-9)8-11-6-4-3-5-7-11/h3-7,13H,8,15H2,1-2H3,(H,18,19). The molecule has 19 heavy (non-hydrogen) atoms. The first-order chi connectivity index (χ1) is 9.00. The van der Waals surface area contributed by atoms with Crippen molar-refractivity contribution in [3.8, 4) is 0 Å². The summed E-state index contributed by atoms with van der Waals surface area (Å²) in [5.41, 5.74) is 8.88. The van der Waals surface area contributed by atoms with Gasteiger partial charge in [0, 0.05) is 11.3 Å². The molecule has 1 aromatic carbocycles. The molecule has 0 bridgehead atoms. The van der Waals surface area contributed by atoms with E-state index in [1.54, 1.807) is 11.6 Å². The van der Waals surface area contributed by atoms with Gasteiger partial charge in [-0.1, -0.05) is 30.3 Å². The molecule has 1 unspecified atom stereocenters. The van der Waals surface area contributed by atoms with Gasteiger partial charge in [-0.05, 0) is 19.4 Å². The Hall–Kier alpha value is -2.14. The summed E-state index contributed by atoms with van der Waals surface area (Å²) in [6, 6.07) is 8.87. The van der Waals surface area contributed by atoms with Crippen molar-refractivity contribution in [2.24, 2.45) is 5.73 Å². The van der Waals surface area contributed by atoms with Crippen molar-refractivity contribution < 1.29 is 9.90 Å². The van der Waals surface area contributed by atoms with Crippen LogP contribution < -0.4 is 5.73 Å². The van der Waals surface area contributed by atoms with Crippen LogP contribution in [0.15, 0.2) is 30.3 Å². The van der Waals surface area contributed by atoms with E-state index in [9.17, 15) is 4.79 Å². The minimum atomic E-state index is -1.04. The van der Waals surface area contributed by atoms with E-state index in [4.69, 9.17) is 10.8 Å². The van der Waals surface area contributed by atoms with E-state index in [2.05, 4.69) is 5.10 Å². The molecule has 0 saturated heterocycles. The lowest BCUT2D eigenvalue weighted by Crippen LogP contribution is -2.22. The summed E-state index contributed by atoms with van der Waals surface area (Å²) in [6.45, 7) is 4.24. The number of hydrogen-bond donors (Lipinski definition) is 2. The molecule has 0 fully saturated rings. The van der Waals surface area contributed by atoms with Crippen molar-refractivity contribution in [3.05, 3.63) is 52.8 Å². The number of carboxylic acids is 1. The fraction of sp³-hybridized carbons (Fsp3) is 0.286. The number of aromatic nitrogens is 2. The largest absolute Gasteiger partial charge is 0.480 e. The van der Waals surface area contributed by atoms with Gasteiger partial charge in [0.25, 0.3) is 0 Å². The highest BCUT2D eigenvalue weighted by molar-refractivity contribution is 5.76. The van der Waals surface area contributed by atoms with Crippen LogP contribution in [0.25, 0.3) is 0 Å². The zero-order chi connectivity index (χ0) is 14.0. The molecule has 0 aliphatic rings. The van der Waals surface area contributed by atoms with E-state index in [0.29, 0.717) is 17.8 Å². The quantitative estimate of drug-likeness (QED) is 0.874. The highest BCUT2D eigenvalue weighted by atomic mass is 16.4. The number of nitrogens with two attached hydrogens (primary N) is 1. The van der Waals surface area contributed by atoms with E-state index in [-0.39, 0.29) is 0 Å². The lowest BCUT2D eigenvalue weighted by Gasteiger charge is -2.08. The Kier molecular flexibility index (Phi) is 3.66. The van der Waals surface area contributed by atoms with Crippen LogP contribution in [0.1, 0.15) is 28.6 Å². The number of nitrogens with zero attached hydrogens (tertiary/aromatic N) is 2. The molecule has 5 heteroatoms. The van der Waals surface area contributed by atoms with Crippen LogP contribution in [-0.2, 0) is 11.3 Å². The zero-order valence-corrected chi connectivity index (χ0v) is 11.0. The van der Waals surface area contributed by atoms with Crippen molar-refractivity contribution in [3.63, 3.8) is 0 Å². The number of hydrogen-bond acceptors (Lipinski definition) is 3. The van der Waals surface area contributed by atoms with E-state index in [1.165, 1.54) is 0 Å². The topological polar surface area (TPSA) is 81.1 Å². The molecule has 2 aromatic rings. The van der Waals surface area contributed by atoms with Crippen LogP contribution in [0.2, 0.25) is 0 Å². The molecular formula is C14H17N3O2. The normalized spacial score (nSPS) is 12.4. The molecule has 0 spiro atoms. The van der Waals surface area contributed by atoms with Gasteiger partial charge in [-0.2, -0.15) is 5.10 Å². The predicted octanol–water partition coefficient (Wildman–Crippen LogP) is 1.63. The van der Waals surface area contributed by atoms with Gasteiger partial charge in [0.2, 0.25) is 0 Å². The average Bonchev–Trinajstić information content (AvgIpc) is 2.65. The van der Waals surface area contributed by atoms with Crippen LogP contribution in [0, 0.1) is 13.8 Å². The van der Waals surface area contributed by atoms with Gasteiger partial charge in [0.05, 0.1) is 12.2 Å². The monoisotopic (exact) mass is 259 g/mol. The molecule has 0 amide bonds. The summed E-state index contributed by atoms with van der Waals surface area (Å²) < 4.78 is 1.79. The second kappa shape index (κ2) is 5.24. The Bertz CT molecular complexity index is 590. The number of rotatable bonds is 4. The number of benzene rings is 1. The fourth-order valence-electron chi connectivity index (χ4n) is 2.19. The SMILES string of the molecule is Cc1nn(Cc2ccccc2)c(C)c1C(N)C(=O)O. The first kappa shape index (κ1) is 13.3. The van der Waals surface area contributed by atoms with E-state index in [1.807, 2.05) is 37.3 Å². The van der Waals surface area contributed by atoms with Gasteiger partial charge in [-0.15, -0.1) is 0 Å². The average molecular weight is 259 g/mol. The number of aliphatic carboxylic acids is 1. The first-order valence-electron chi connectivity index (χ1n) is 6.07. The van der Waals surface area contributed by atoms with Gasteiger partial charge in [0.1, 0.15) is 6.04 Å². The second-order valence-electron chi connectivity index (χ2n) is 4.54. The van der Waals surface area contributed by atoms with Crippen molar-refractivity contribution in [1.82, 2.24) is 9.78 Å². The molecule has 0 aliphatic carbocycles. The highest BCUT2D eigenvalue weighted by Gasteiger charge is 2.23. The summed E-state index contributed by atoms with van der Waals surface area (Å²) in [6.07, 6.45) is 0. The van der Waals surface area contributed by atoms with Crippen LogP contribution in [0.5, 0.6) is 0 Å². The Balaban J connectivity index is 2.34. The Labute approximate surface area is 111 Å². The molecule has 1 aromatic heterocycles.